The van der Waals surface area contributed by atoms with E-state index >= 15 is 0 Å². The van der Waals surface area contributed by atoms with Crippen LogP contribution in [0.4, 0.5) is 0 Å². The SMILES string of the molecule is CCN(CC)[C@@H](C(=O)N1CCC[C@H]1c1nc2cc(-c3ccc(-c4c[nH]c([C@@H]5CCCN5C(=O)[C@@H](c5ccccc5I)N(CC)CC)n4)cc3)ccc2[nH]1)c1ccccc1. The van der Waals surface area contributed by atoms with Crippen LogP contribution in [0.3, 0.4) is 0 Å². The summed E-state index contributed by atoms with van der Waals surface area (Å²) in [5.41, 5.74) is 7.99. The number of hydrogen-bond donors (Lipinski definition) is 2. The maximum atomic E-state index is 14.4. The van der Waals surface area contributed by atoms with Gasteiger partial charge in [0.1, 0.15) is 23.7 Å². The van der Waals surface area contributed by atoms with E-state index in [4.69, 9.17) is 9.97 Å². The molecule has 2 aromatic heterocycles. The Labute approximate surface area is 361 Å². The first kappa shape index (κ1) is 40.9. The number of imidazole rings is 2. The Morgan fingerprint density at radius 3 is 1.93 bits per heavy atom. The van der Waals surface area contributed by atoms with Gasteiger partial charge in [-0.1, -0.05) is 107 Å². The number of rotatable bonds is 14. The van der Waals surface area contributed by atoms with Gasteiger partial charge in [-0.3, -0.25) is 19.4 Å². The van der Waals surface area contributed by atoms with Crippen LogP contribution in [0.1, 0.15) is 100 Å². The number of hydrogen-bond acceptors (Lipinski definition) is 6. The van der Waals surface area contributed by atoms with E-state index in [9.17, 15) is 9.59 Å². The zero-order valence-electron chi connectivity index (χ0n) is 34.6. The van der Waals surface area contributed by atoms with Crippen molar-refractivity contribution in [1.29, 1.82) is 0 Å². The Bertz CT molecular complexity index is 2370. The minimum absolute atomic E-state index is 0.0934. The predicted molar refractivity (Wildman–Crippen MR) is 243 cm³/mol. The molecule has 4 atom stereocenters. The first-order chi connectivity index (χ1) is 28.8. The molecule has 11 heteroatoms. The lowest BCUT2D eigenvalue weighted by Gasteiger charge is -2.34. The Balaban J connectivity index is 0.984. The number of halogens is 1. The monoisotopic (exact) mass is 902 g/mol. The van der Waals surface area contributed by atoms with Gasteiger partial charge >= 0.3 is 0 Å². The molecule has 0 aliphatic carbocycles. The van der Waals surface area contributed by atoms with Gasteiger partial charge in [-0.2, -0.15) is 0 Å². The fraction of sp³-hybridized carbons (Fsp3) is 0.375. The van der Waals surface area contributed by atoms with E-state index in [-0.39, 0.29) is 36.0 Å². The van der Waals surface area contributed by atoms with E-state index in [1.807, 2.05) is 46.3 Å². The minimum atomic E-state index is -0.329. The van der Waals surface area contributed by atoms with E-state index in [0.717, 1.165) is 125 Å². The fourth-order valence-corrected chi connectivity index (χ4v) is 9.98. The van der Waals surface area contributed by atoms with E-state index in [2.05, 4.69) is 137 Å². The van der Waals surface area contributed by atoms with Crippen molar-refractivity contribution in [2.24, 2.45) is 0 Å². The van der Waals surface area contributed by atoms with E-state index in [1.165, 1.54) is 0 Å². The third-order valence-corrected chi connectivity index (χ3v) is 13.4. The molecular formula is C48H55IN8O2. The Morgan fingerprint density at radius 2 is 1.27 bits per heavy atom. The molecule has 0 radical (unpaired) electrons. The predicted octanol–water partition coefficient (Wildman–Crippen LogP) is 9.72. The Hall–Kier alpha value is -4.85. The van der Waals surface area contributed by atoms with Crippen LogP contribution in [0.5, 0.6) is 0 Å². The first-order valence-corrected chi connectivity index (χ1v) is 22.4. The molecule has 2 aliphatic rings. The summed E-state index contributed by atoms with van der Waals surface area (Å²) in [4.78, 5) is 54.5. The van der Waals surface area contributed by atoms with Gasteiger partial charge in [0.25, 0.3) is 0 Å². The van der Waals surface area contributed by atoms with E-state index in [0.29, 0.717) is 0 Å². The second-order valence-corrected chi connectivity index (χ2v) is 16.8. The van der Waals surface area contributed by atoms with Crippen LogP contribution in [-0.4, -0.2) is 90.6 Å². The lowest BCUT2D eigenvalue weighted by molar-refractivity contribution is -0.139. The number of amides is 2. The quantitative estimate of drug-likeness (QED) is 0.106. The molecule has 0 unspecified atom stereocenters. The number of carbonyl (C=O) groups is 2. The molecule has 0 saturated carbocycles. The summed E-state index contributed by atoms with van der Waals surface area (Å²) in [5.74, 6) is 1.97. The van der Waals surface area contributed by atoms with E-state index < -0.39 is 0 Å². The fourth-order valence-electron chi connectivity index (χ4n) is 9.30. The smallest absolute Gasteiger partial charge is 0.245 e. The minimum Gasteiger partial charge on any atom is -0.346 e. The first-order valence-electron chi connectivity index (χ1n) is 21.4. The van der Waals surface area contributed by atoms with Gasteiger partial charge in [0.2, 0.25) is 11.8 Å². The highest BCUT2D eigenvalue weighted by molar-refractivity contribution is 14.1. The summed E-state index contributed by atoms with van der Waals surface area (Å²) >= 11 is 2.36. The van der Waals surface area contributed by atoms with Crippen molar-refractivity contribution in [2.75, 3.05) is 39.3 Å². The molecule has 4 aromatic carbocycles. The summed E-state index contributed by atoms with van der Waals surface area (Å²) in [6, 6.07) is 32.4. The highest BCUT2D eigenvalue weighted by Crippen LogP contribution is 2.38. The van der Waals surface area contributed by atoms with Crippen LogP contribution in [-0.2, 0) is 9.59 Å². The average molecular weight is 903 g/mol. The summed E-state index contributed by atoms with van der Waals surface area (Å²) < 4.78 is 1.11. The molecule has 2 amide bonds. The number of fused-ring (bicyclic) bond motifs is 1. The number of benzene rings is 4. The third-order valence-electron chi connectivity index (χ3n) is 12.5. The number of H-pyrrole nitrogens is 2. The normalized spacial score (nSPS) is 18.0. The molecule has 2 aliphatic heterocycles. The molecule has 0 bridgehead atoms. The summed E-state index contributed by atoms with van der Waals surface area (Å²) in [6.07, 6.45) is 5.62. The number of aromatic amines is 2. The van der Waals surface area contributed by atoms with E-state index in [1.54, 1.807) is 0 Å². The van der Waals surface area contributed by atoms with Gasteiger partial charge in [0.15, 0.2) is 0 Å². The van der Waals surface area contributed by atoms with Gasteiger partial charge in [-0.05, 0) is 115 Å². The third kappa shape index (κ3) is 8.21. The molecule has 8 rings (SSSR count). The molecular weight excluding hydrogens is 847 g/mol. The highest BCUT2D eigenvalue weighted by Gasteiger charge is 2.40. The van der Waals surface area contributed by atoms with Crippen molar-refractivity contribution in [3.8, 4) is 22.4 Å². The van der Waals surface area contributed by atoms with Crippen molar-refractivity contribution in [1.82, 2.24) is 39.5 Å². The van der Waals surface area contributed by atoms with Crippen LogP contribution in [0, 0.1) is 3.57 Å². The van der Waals surface area contributed by atoms with Crippen molar-refractivity contribution in [2.45, 2.75) is 77.5 Å². The van der Waals surface area contributed by atoms with Gasteiger partial charge in [0, 0.05) is 28.4 Å². The van der Waals surface area contributed by atoms with Crippen molar-refractivity contribution in [3.05, 3.63) is 130 Å². The molecule has 4 heterocycles. The molecule has 2 fully saturated rings. The van der Waals surface area contributed by atoms with Crippen molar-refractivity contribution >= 4 is 45.4 Å². The molecule has 2 N–H and O–H groups in total. The van der Waals surface area contributed by atoms with Gasteiger partial charge in [-0.15, -0.1) is 0 Å². The van der Waals surface area contributed by atoms with Crippen molar-refractivity contribution in [3.63, 3.8) is 0 Å². The summed E-state index contributed by atoms with van der Waals surface area (Å²) in [5, 5.41) is 0. The highest BCUT2D eigenvalue weighted by atomic mass is 127. The van der Waals surface area contributed by atoms with Gasteiger partial charge < -0.3 is 19.8 Å². The maximum Gasteiger partial charge on any atom is 0.245 e. The van der Waals surface area contributed by atoms with Crippen LogP contribution in [0.2, 0.25) is 0 Å². The Kier molecular flexibility index (Phi) is 12.6. The van der Waals surface area contributed by atoms with Crippen LogP contribution in [0.15, 0.2) is 103 Å². The topological polar surface area (TPSA) is 104 Å². The van der Waals surface area contributed by atoms with Gasteiger partial charge in [-0.25, -0.2) is 9.97 Å². The number of nitrogens with zero attached hydrogens (tertiary/aromatic N) is 6. The lowest BCUT2D eigenvalue weighted by Crippen LogP contribution is -2.43. The number of likely N-dealkylation sites (tertiary alicyclic amines) is 2. The number of nitrogens with one attached hydrogen (secondary N) is 2. The summed E-state index contributed by atoms with van der Waals surface area (Å²) in [6.45, 7) is 13.1. The number of likely N-dealkylation sites (N-methyl/N-ethyl adjacent to an activating group) is 2. The largest absolute Gasteiger partial charge is 0.346 e. The molecule has 2 saturated heterocycles. The lowest BCUT2D eigenvalue weighted by atomic mass is 10.0. The molecule has 59 heavy (non-hydrogen) atoms. The van der Waals surface area contributed by atoms with Crippen LogP contribution < -0.4 is 0 Å². The zero-order valence-corrected chi connectivity index (χ0v) is 36.7. The van der Waals surface area contributed by atoms with Crippen LogP contribution in [0.25, 0.3) is 33.4 Å². The molecule has 10 nitrogen and oxygen atoms in total. The van der Waals surface area contributed by atoms with Crippen LogP contribution >= 0.6 is 22.6 Å². The second kappa shape index (κ2) is 18.2. The Morgan fingerprint density at radius 1 is 0.695 bits per heavy atom. The molecule has 306 valence electrons. The second-order valence-electron chi connectivity index (χ2n) is 15.7. The standard InChI is InChI=1S/C48H55IN8O2/c1-5-54(6-2)43(34-16-10-9-11-17-34)47(58)57-29-15-21-42(57)46-51-38-27-26-35(30-39(38)52-46)32-22-24-33(25-23-32)40-31-50-45(53-40)41-20-14-28-56(41)48(59)44(55(7-3)8-4)36-18-12-13-19-37(36)49/h9-13,16-19,22-27,30-31,41-44H,5-8,14-15,20-21,28-29H2,1-4H3,(H,50,53)(H,51,52)/t41-,42-,43+,44+/m0/s1. The zero-order chi connectivity index (χ0) is 41.0. The molecule has 6 aromatic rings. The van der Waals surface area contributed by atoms with Gasteiger partial charge in [0.05, 0.1) is 28.8 Å². The maximum absolute atomic E-state index is 14.4. The van der Waals surface area contributed by atoms with Crippen molar-refractivity contribution < 1.29 is 9.59 Å². The number of carbonyl (C=O) groups excluding carboxylic acids is 2. The average Bonchev–Trinajstić information content (AvgIpc) is 4.11. The molecule has 0 spiro atoms. The summed E-state index contributed by atoms with van der Waals surface area (Å²) in [7, 11) is 0. The number of aromatic nitrogens is 4.